The summed E-state index contributed by atoms with van der Waals surface area (Å²) in [5.41, 5.74) is 3.45. The number of nitrogens with zero attached hydrogens (tertiary/aromatic N) is 3. The third kappa shape index (κ3) is 5.64. The number of nitro groups is 1. The van der Waals surface area contributed by atoms with Gasteiger partial charge in [-0.05, 0) is 19.4 Å². The van der Waals surface area contributed by atoms with Crippen LogP contribution in [0, 0.1) is 17.0 Å². The minimum Gasteiger partial charge on any atom is -0.493 e. The average Bonchev–Trinajstić information content (AvgIpc) is 3.08. The topological polar surface area (TPSA) is 125 Å². The van der Waals surface area contributed by atoms with Crippen molar-refractivity contribution < 1.29 is 23.9 Å². The largest absolute Gasteiger partial charge is 0.493 e. The van der Waals surface area contributed by atoms with Crippen LogP contribution in [-0.2, 0) is 4.74 Å². The van der Waals surface area contributed by atoms with Gasteiger partial charge in [0.25, 0.3) is 0 Å². The van der Waals surface area contributed by atoms with Gasteiger partial charge in [-0.15, -0.1) is 0 Å². The van der Waals surface area contributed by atoms with Crippen LogP contribution in [0.2, 0.25) is 0 Å². The number of hydrogen-bond donors (Lipinski definition) is 1. The Morgan fingerprint density at radius 3 is 2.79 bits per heavy atom. The molecule has 11 heteroatoms. The van der Waals surface area contributed by atoms with Gasteiger partial charge in [-0.1, -0.05) is 24.7 Å². The lowest BCUT2D eigenvalue weighted by Gasteiger charge is -2.11. The number of unbranched alkanes of at least 4 members (excludes halogenated alkanes) is 1. The molecule has 0 spiro atoms. The fourth-order valence-electron chi connectivity index (χ4n) is 2.32. The van der Waals surface area contributed by atoms with E-state index in [0.717, 1.165) is 24.2 Å². The van der Waals surface area contributed by atoms with Gasteiger partial charge in [0.1, 0.15) is 4.88 Å². The van der Waals surface area contributed by atoms with Crippen molar-refractivity contribution in [2.45, 2.75) is 26.7 Å². The van der Waals surface area contributed by atoms with E-state index in [1.54, 1.807) is 13.0 Å². The molecule has 0 saturated heterocycles. The van der Waals surface area contributed by atoms with Crippen molar-refractivity contribution in [1.82, 2.24) is 4.98 Å². The van der Waals surface area contributed by atoms with E-state index in [-0.39, 0.29) is 17.2 Å². The Morgan fingerprint density at radius 1 is 1.41 bits per heavy atom. The molecule has 0 aliphatic rings. The number of anilines is 1. The zero-order chi connectivity index (χ0) is 21.4. The highest BCUT2D eigenvalue weighted by Crippen LogP contribution is 2.38. The van der Waals surface area contributed by atoms with Crippen LogP contribution < -0.4 is 14.9 Å². The second kappa shape index (κ2) is 10.4. The number of nitrogens with one attached hydrogen (secondary N) is 1. The average molecular weight is 422 g/mol. The van der Waals surface area contributed by atoms with Gasteiger partial charge in [0.15, 0.2) is 5.75 Å². The molecule has 2 rings (SSSR count). The van der Waals surface area contributed by atoms with Gasteiger partial charge >= 0.3 is 11.7 Å². The first kappa shape index (κ1) is 22.1. The molecule has 10 nitrogen and oxygen atoms in total. The van der Waals surface area contributed by atoms with E-state index in [0.29, 0.717) is 27.9 Å². The van der Waals surface area contributed by atoms with Gasteiger partial charge in [0.05, 0.1) is 37.7 Å². The molecule has 0 aliphatic carbocycles. The maximum absolute atomic E-state index is 11.6. The number of aryl methyl sites for hydroxylation is 1. The standard InChI is InChI=1S/C18H22N4O6S/c1-5-6-7-28-15-13(22(24)25)8-12(9-14(15)26-3)10-19-21-18-20-11(2)16(29-18)17(23)27-4/h8-10H,5-7H2,1-4H3,(H,20,21)/b19-10-. The predicted molar refractivity (Wildman–Crippen MR) is 109 cm³/mol. The van der Waals surface area contributed by atoms with Gasteiger partial charge in [-0.2, -0.15) is 5.10 Å². The fourth-order valence-corrected chi connectivity index (χ4v) is 3.16. The van der Waals surface area contributed by atoms with E-state index in [9.17, 15) is 14.9 Å². The molecule has 1 aromatic heterocycles. The summed E-state index contributed by atoms with van der Waals surface area (Å²) in [5.74, 6) is -0.139. The summed E-state index contributed by atoms with van der Waals surface area (Å²) in [5, 5.41) is 15.9. The smallest absolute Gasteiger partial charge is 0.350 e. The summed E-state index contributed by atoms with van der Waals surface area (Å²) < 4.78 is 15.5. The molecule has 0 amide bonds. The molecule has 0 saturated carbocycles. The first-order chi connectivity index (χ1) is 13.9. The summed E-state index contributed by atoms with van der Waals surface area (Å²) in [6.07, 6.45) is 3.06. The number of rotatable bonds is 10. The van der Waals surface area contributed by atoms with Crippen molar-refractivity contribution >= 4 is 34.3 Å². The highest BCUT2D eigenvalue weighted by Gasteiger charge is 2.22. The van der Waals surface area contributed by atoms with Gasteiger partial charge < -0.3 is 14.2 Å². The molecule has 0 fully saturated rings. The Hall–Kier alpha value is -3.21. The Bertz CT molecular complexity index is 912. The summed E-state index contributed by atoms with van der Waals surface area (Å²) >= 11 is 1.09. The monoisotopic (exact) mass is 422 g/mol. The number of carbonyl (C=O) groups excluding carboxylic acids is 1. The minimum atomic E-state index is -0.526. The molecule has 0 bridgehead atoms. The summed E-state index contributed by atoms with van der Waals surface area (Å²) in [6.45, 7) is 4.04. The van der Waals surface area contributed by atoms with Crippen LogP contribution in [0.4, 0.5) is 10.8 Å². The Balaban J connectivity index is 2.23. The number of nitro benzene ring substituents is 1. The van der Waals surface area contributed by atoms with Gasteiger partial charge in [0, 0.05) is 11.6 Å². The zero-order valence-corrected chi connectivity index (χ0v) is 17.4. The second-order valence-electron chi connectivity index (χ2n) is 5.83. The van der Waals surface area contributed by atoms with E-state index in [1.807, 2.05) is 6.92 Å². The Kier molecular flexibility index (Phi) is 7.89. The zero-order valence-electron chi connectivity index (χ0n) is 16.6. The Labute approximate surface area is 171 Å². The highest BCUT2D eigenvalue weighted by atomic mass is 32.1. The SMILES string of the molecule is CCCCOc1c(OC)cc(/C=N\Nc2nc(C)c(C(=O)OC)s2)cc1[N+](=O)[O-]. The van der Waals surface area contributed by atoms with Gasteiger partial charge in [-0.3, -0.25) is 15.5 Å². The highest BCUT2D eigenvalue weighted by molar-refractivity contribution is 7.17. The van der Waals surface area contributed by atoms with Gasteiger partial charge in [-0.25, -0.2) is 9.78 Å². The summed E-state index contributed by atoms with van der Waals surface area (Å²) in [4.78, 5) is 27.1. The molecular weight excluding hydrogens is 400 g/mol. The lowest BCUT2D eigenvalue weighted by Crippen LogP contribution is -2.03. The van der Waals surface area contributed by atoms with Crippen molar-refractivity contribution in [3.8, 4) is 11.5 Å². The first-order valence-corrected chi connectivity index (χ1v) is 9.56. The number of ether oxygens (including phenoxy) is 3. The normalized spacial score (nSPS) is 10.8. The first-order valence-electron chi connectivity index (χ1n) is 8.75. The molecule has 0 unspecified atom stereocenters. The number of esters is 1. The number of methoxy groups -OCH3 is 2. The van der Waals surface area contributed by atoms with Gasteiger partial charge in [0.2, 0.25) is 10.9 Å². The molecule has 2 aromatic rings. The second-order valence-corrected chi connectivity index (χ2v) is 6.82. The Morgan fingerprint density at radius 2 is 2.17 bits per heavy atom. The molecule has 1 N–H and O–H groups in total. The van der Waals surface area contributed by atoms with Crippen molar-refractivity contribution in [2.24, 2.45) is 5.10 Å². The molecule has 29 heavy (non-hydrogen) atoms. The molecule has 1 aromatic carbocycles. The maximum Gasteiger partial charge on any atom is 0.350 e. The number of carbonyl (C=O) groups is 1. The number of thiazole rings is 1. The van der Waals surface area contributed by atoms with E-state index < -0.39 is 10.9 Å². The van der Waals surface area contributed by atoms with E-state index in [4.69, 9.17) is 9.47 Å². The number of aromatic nitrogens is 1. The van der Waals surface area contributed by atoms with Crippen LogP contribution in [0.25, 0.3) is 0 Å². The lowest BCUT2D eigenvalue weighted by atomic mass is 10.2. The van der Waals surface area contributed by atoms with Crippen LogP contribution >= 0.6 is 11.3 Å². The predicted octanol–water partition coefficient (Wildman–Crippen LogP) is 3.78. The van der Waals surface area contributed by atoms with Crippen LogP contribution in [0.3, 0.4) is 0 Å². The third-order valence-corrected chi connectivity index (χ3v) is 4.80. The minimum absolute atomic E-state index is 0.0920. The van der Waals surface area contributed by atoms with Crippen molar-refractivity contribution in [3.05, 3.63) is 38.4 Å². The molecular formula is C18H22N4O6S. The van der Waals surface area contributed by atoms with E-state index >= 15 is 0 Å². The fraction of sp³-hybridized carbons (Fsp3) is 0.389. The maximum atomic E-state index is 11.6. The molecule has 0 aliphatic heterocycles. The molecule has 0 radical (unpaired) electrons. The number of hydrogen-bond acceptors (Lipinski definition) is 10. The van der Waals surface area contributed by atoms with Crippen LogP contribution in [0.1, 0.15) is 40.7 Å². The third-order valence-electron chi connectivity index (χ3n) is 3.76. The number of benzene rings is 1. The van der Waals surface area contributed by atoms with Crippen molar-refractivity contribution in [3.63, 3.8) is 0 Å². The van der Waals surface area contributed by atoms with Crippen molar-refractivity contribution in [2.75, 3.05) is 26.3 Å². The van der Waals surface area contributed by atoms with E-state index in [1.165, 1.54) is 26.5 Å². The molecule has 0 atom stereocenters. The lowest BCUT2D eigenvalue weighted by molar-refractivity contribution is -0.386. The van der Waals surface area contributed by atoms with E-state index in [2.05, 4.69) is 20.2 Å². The van der Waals surface area contributed by atoms with Crippen LogP contribution in [0.5, 0.6) is 11.5 Å². The number of hydrazone groups is 1. The summed E-state index contributed by atoms with van der Waals surface area (Å²) in [6, 6.07) is 2.94. The van der Waals surface area contributed by atoms with Crippen molar-refractivity contribution in [1.29, 1.82) is 0 Å². The molecule has 156 valence electrons. The van der Waals surface area contributed by atoms with Crippen LogP contribution in [-0.4, -0.2) is 42.9 Å². The quantitative estimate of drug-likeness (QED) is 0.202. The van der Waals surface area contributed by atoms with Crippen LogP contribution in [0.15, 0.2) is 17.2 Å². The summed E-state index contributed by atoms with van der Waals surface area (Å²) in [7, 11) is 2.71. The molecule has 1 heterocycles.